The fraction of sp³-hybridized carbons (Fsp3) is 0.281. The maximum absolute atomic E-state index is 12.5. The first-order valence-electron chi connectivity index (χ1n) is 13.9. The summed E-state index contributed by atoms with van der Waals surface area (Å²) < 4.78 is 7.96. The Morgan fingerprint density at radius 3 is 2.50 bits per heavy atom. The van der Waals surface area contributed by atoms with E-state index in [-0.39, 0.29) is 24.6 Å². The molecule has 1 saturated carbocycles. The molecule has 3 heterocycles. The van der Waals surface area contributed by atoms with Crippen molar-refractivity contribution in [3.8, 4) is 5.75 Å². The summed E-state index contributed by atoms with van der Waals surface area (Å²) in [6.45, 7) is -0.0578. The van der Waals surface area contributed by atoms with E-state index in [1.165, 1.54) is 37.7 Å². The van der Waals surface area contributed by atoms with E-state index in [0.29, 0.717) is 22.6 Å². The van der Waals surface area contributed by atoms with E-state index in [9.17, 15) is 4.79 Å². The molecule has 2 unspecified atom stereocenters. The van der Waals surface area contributed by atoms with Crippen molar-refractivity contribution in [1.82, 2.24) is 14.9 Å². The summed E-state index contributed by atoms with van der Waals surface area (Å²) in [6.07, 6.45) is 12.7. The Hall–Kier alpha value is -4.17. The number of hydrogen-bond donors (Lipinski definition) is 2. The van der Waals surface area contributed by atoms with E-state index >= 15 is 0 Å². The summed E-state index contributed by atoms with van der Waals surface area (Å²) in [5.74, 6) is 0.445. The number of amides is 1. The number of aromatic nitrogens is 2. The van der Waals surface area contributed by atoms with E-state index in [2.05, 4.69) is 43.5 Å². The van der Waals surface area contributed by atoms with Gasteiger partial charge >= 0.3 is 0 Å². The van der Waals surface area contributed by atoms with Gasteiger partial charge in [0.1, 0.15) is 5.75 Å². The number of carbonyl (C=O) groups excluding carboxylic acids is 1. The molecule has 4 aromatic rings. The number of hydrogen-bond acceptors (Lipinski definition) is 4. The highest BCUT2D eigenvalue weighted by atomic mass is 32.1. The number of carbonyl (C=O) groups is 1. The molecule has 0 bridgehead atoms. The molecule has 8 heteroatoms. The summed E-state index contributed by atoms with van der Waals surface area (Å²) in [6, 6.07) is 25.7. The topological polar surface area (TPSA) is 71.4 Å². The smallest absolute Gasteiger partial charge is 0.262 e. The van der Waals surface area contributed by atoms with Crippen molar-refractivity contribution in [1.29, 1.82) is 0 Å². The summed E-state index contributed by atoms with van der Waals surface area (Å²) in [4.78, 5) is 19.3. The highest BCUT2D eigenvalue weighted by molar-refractivity contribution is 7.80. The number of para-hydroxylation sites is 1. The number of nitrogens with zero attached hydrogens (tertiary/aromatic N) is 3. The second-order valence-electron chi connectivity index (χ2n) is 10.4. The predicted octanol–water partition coefficient (Wildman–Crippen LogP) is 6.58. The molecule has 0 radical (unpaired) electrons. The summed E-state index contributed by atoms with van der Waals surface area (Å²) in [5.41, 5.74) is 3.80. The Balaban J connectivity index is 1.22. The lowest BCUT2D eigenvalue weighted by atomic mass is 9.95. The number of nitrogens with one attached hydrogen (secondary N) is 2. The minimum absolute atomic E-state index is 0.0578. The van der Waals surface area contributed by atoms with Gasteiger partial charge in [0, 0.05) is 36.0 Å². The molecular formula is C32H33N5O2S. The average molecular weight is 552 g/mol. The molecule has 6 rings (SSSR count). The third kappa shape index (κ3) is 5.72. The highest BCUT2D eigenvalue weighted by Crippen LogP contribution is 2.42. The zero-order chi connectivity index (χ0) is 27.3. The van der Waals surface area contributed by atoms with E-state index < -0.39 is 0 Å². The fourth-order valence-electron chi connectivity index (χ4n) is 5.75. The van der Waals surface area contributed by atoms with Crippen LogP contribution in [0.15, 0.2) is 97.5 Å². The molecule has 1 amide bonds. The van der Waals surface area contributed by atoms with Crippen LogP contribution in [-0.4, -0.2) is 27.2 Å². The van der Waals surface area contributed by atoms with Crippen LogP contribution in [0.3, 0.4) is 0 Å². The molecule has 1 aliphatic heterocycles. The van der Waals surface area contributed by atoms with Crippen LogP contribution in [0.1, 0.15) is 61.5 Å². The molecule has 2 aromatic heterocycles. The van der Waals surface area contributed by atoms with Gasteiger partial charge in [0.2, 0.25) is 0 Å². The quantitative estimate of drug-likeness (QED) is 0.241. The first kappa shape index (κ1) is 26.1. The predicted molar refractivity (Wildman–Crippen MR) is 161 cm³/mol. The molecule has 2 atom stereocenters. The Kier molecular flexibility index (Phi) is 7.77. The van der Waals surface area contributed by atoms with Crippen molar-refractivity contribution in [3.63, 3.8) is 0 Å². The lowest BCUT2D eigenvalue weighted by molar-refractivity contribution is -0.118. The Labute approximate surface area is 240 Å². The van der Waals surface area contributed by atoms with Crippen LogP contribution in [0, 0.1) is 0 Å². The molecule has 0 spiro atoms. The second-order valence-corrected chi connectivity index (χ2v) is 10.8. The van der Waals surface area contributed by atoms with E-state index in [4.69, 9.17) is 17.0 Å². The summed E-state index contributed by atoms with van der Waals surface area (Å²) >= 11 is 5.89. The van der Waals surface area contributed by atoms with E-state index in [1.807, 2.05) is 79.0 Å². The van der Waals surface area contributed by atoms with Gasteiger partial charge in [0.05, 0.1) is 17.8 Å². The van der Waals surface area contributed by atoms with Crippen molar-refractivity contribution in [3.05, 3.63) is 109 Å². The van der Waals surface area contributed by atoms with Crippen molar-refractivity contribution in [2.24, 2.45) is 0 Å². The van der Waals surface area contributed by atoms with Gasteiger partial charge in [-0.05, 0) is 85.2 Å². The van der Waals surface area contributed by atoms with Gasteiger partial charge in [0.15, 0.2) is 11.7 Å². The summed E-state index contributed by atoms with van der Waals surface area (Å²) in [7, 11) is 0. The van der Waals surface area contributed by atoms with Gasteiger partial charge in [0.25, 0.3) is 5.91 Å². The largest absolute Gasteiger partial charge is 0.484 e. The van der Waals surface area contributed by atoms with Gasteiger partial charge in [-0.2, -0.15) is 0 Å². The number of pyridine rings is 1. The zero-order valence-electron chi connectivity index (χ0n) is 22.3. The lowest BCUT2D eigenvalue weighted by Gasteiger charge is -2.28. The standard InChI is InChI=1S/C32H33N5O2S/c38-29(22-39-27-11-5-2-6-12-27)34-24-14-16-26(17-15-24)37-31(30(35-32(37)40)28-13-7-8-19-33-28)23-18-20-36(21-23)25-9-3-1-4-10-25/h2,5-8,11-21,25,30-31H,1,3-4,9-10,22H2,(H,34,38)(H,35,40). The first-order chi connectivity index (χ1) is 19.7. The molecule has 2 aliphatic rings. The number of benzene rings is 2. The molecule has 1 saturated heterocycles. The molecule has 40 heavy (non-hydrogen) atoms. The third-order valence-corrected chi connectivity index (χ3v) is 8.03. The molecule has 2 fully saturated rings. The molecular weight excluding hydrogens is 518 g/mol. The van der Waals surface area contributed by atoms with Crippen LogP contribution in [0.2, 0.25) is 0 Å². The third-order valence-electron chi connectivity index (χ3n) is 7.72. The van der Waals surface area contributed by atoms with Crippen molar-refractivity contribution in [2.45, 2.75) is 50.2 Å². The molecule has 204 valence electrons. The molecule has 2 N–H and O–H groups in total. The van der Waals surface area contributed by atoms with Crippen molar-refractivity contribution < 1.29 is 9.53 Å². The number of ether oxygens (including phenoxy) is 1. The maximum atomic E-state index is 12.5. The van der Waals surface area contributed by atoms with Crippen LogP contribution in [-0.2, 0) is 4.79 Å². The number of thiocarbonyl (C=S) groups is 1. The lowest BCUT2D eigenvalue weighted by Crippen LogP contribution is -2.29. The van der Waals surface area contributed by atoms with Gasteiger partial charge in [-0.15, -0.1) is 0 Å². The van der Waals surface area contributed by atoms with Gasteiger partial charge in [-0.25, -0.2) is 0 Å². The average Bonchev–Trinajstić information content (AvgIpc) is 3.63. The Morgan fingerprint density at radius 2 is 1.75 bits per heavy atom. The SMILES string of the molecule is O=C(COc1ccccc1)Nc1ccc(N2C(=S)NC(c3ccccn3)C2c2ccn(C3CCCCC3)c2)cc1. The van der Waals surface area contributed by atoms with Gasteiger partial charge < -0.3 is 24.8 Å². The number of rotatable bonds is 8. The zero-order valence-corrected chi connectivity index (χ0v) is 23.1. The van der Waals surface area contributed by atoms with Crippen LogP contribution < -0.4 is 20.3 Å². The Bertz CT molecular complexity index is 1440. The van der Waals surface area contributed by atoms with Gasteiger partial charge in [-0.1, -0.05) is 43.5 Å². The molecule has 1 aliphatic carbocycles. The van der Waals surface area contributed by atoms with E-state index in [0.717, 1.165) is 11.4 Å². The first-order valence-corrected chi connectivity index (χ1v) is 14.3. The maximum Gasteiger partial charge on any atom is 0.262 e. The summed E-state index contributed by atoms with van der Waals surface area (Å²) in [5, 5.41) is 7.10. The normalized spacial score (nSPS) is 19.3. The van der Waals surface area contributed by atoms with Gasteiger partial charge in [-0.3, -0.25) is 9.78 Å². The monoisotopic (exact) mass is 551 g/mol. The minimum Gasteiger partial charge on any atom is -0.484 e. The minimum atomic E-state index is -0.216. The highest BCUT2D eigenvalue weighted by Gasteiger charge is 2.41. The molecule has 2 aromatic carbocycles. The fourth-order valence-corrected chi connectivity index (χ4v) is 6.10. The molecule has 7 nitrogen and oxygen atoms in total. The van der Waals surface area contributed by atoms with Crippen molar-refractivity contribution in [2.75, 3.05) is 16.8 Å². The van der Waals surface area contributed by atoms with Crippen LogP contribution in [0.5, 0.6) is 5.75 Å². The van der Waals surface area contributed by atoms with Crippen LogP contribution >= 0.6 is 12.2 Å². The van der Waals surface area contributed by atoms with Crippen LogP contribution in [0.25, 0.3) is 0 Å². The Morgan fingerprint density at radius 1 is 0.975 bits per heavy atom. The second kappa shape index (κ2) is 11.9. The van der Waals surface area contributed by atoms with E-state index in [1.54, 1.807) is 0 Å². The van der Waals surface area contributed by atoms with Crippen molar-refractivity contribution >= 4 is 34.6 Å². The number of anilines is 2. The van der Waals surface area contributed by atoms with Crippen LogP contribution in [0.4, 0.5) is 11.4 Å².